The second-order valence-corrected chi connectivity index (χ2v) is 2.08. The van der Waals surface area contributed by atoms with Gasteiger partial charge in [0.05, 0.1) is 5.71 Å². The van der Waals surface area contributed by atoms with Crippen LogP contribution in [0.1, 0.15) is 12.7 Å². The molecule has 0 aromatic carbocycles. The highest BCUT2D eigenvalue weighted by Crippen LogP contribution is 1.94. The van der Waals surface area contributed by atoms with Crippen LogP contribution in [0.2, 0.25) is 0 Å². The number of imidazole rings is 1. The summed E-state index contributed by atoms with van der Waals surface area (Å²) < 4.78 is 1.87. The lowest BCUT2D eigenvalue weighted by Crippen LogP contribution is -2.06. The molecule has 0 bridgehead atoms. The Balaban J connectivity index is 3.05. The quantitative estimate of drug-likeness (QED) is 0.340. The zero-order valence-corrected chi connectivity index (χ0v) is 6.07. The normalized spacial score (nSPS) is 12.0. The van der Waals surface area contributed by atoms with Gasteiger partial charge in [0, 0.05) is 19.4 Å². The van der Waals surface area contributed by atoms with Gasteiger partial charge in [-0.05, 0) is 6.92 Å². The van der Waals surface area contributed by atoms with Crippen LogP contribution in [-0.4, -0.2) is 15.3 Å². The van der Waals surface area contributed by atoms with Gasteiger partial charge in [0.25, 0.3) is 0 Å². The molecular formula is C6H10N4. The van der Waals surface area contributed by atoms with Crippen molar-refractivity contribution in [3.8, 4) is 0 Å². The summed E-state index contributed by atoms with van der Waals surface area (Å²) in [5.41, 5.74) is 0.743. The maximum absolute atomic E-state index is 5.07. The number of nitrogens with zero attached hydrogens (tertiary/aromatic N) is 3. The van der Waals surface area contributed by atoms with Crippen molar-refractivity contribution in [1.82, 2.24) is 9.55 Å². The minimum Gasteiger partial charge on any atom is -0.333 e. The van der Waals surface area contributed by atoms with E-state index in [2.05, 4.69) is 10.1 Å². The molecular weight excluding hydrogens is 128 g/mol. The fourth-order valence-electron chi connectivity index (χ4n) is 0.772. The zero-order chi connectivity index (χ0) is 7.56. The molecule has 0 atom stereocenters. The van der Waals surface area contributed by atoms with Gasteiger partial charge in [0.1, 0.15) is 0 Å². The van der Waals surface area contributed by atoms with E-state index in [1.54, 1.807) is 6.20 Å². The molecule has 10 heavy (non-hydrogen) atoms. The topological polar surface area (TPSA) is 56.2 Å². The molecule has 4 nitrogen and oxygen atoms in total. The van der Waals surface area contributed by atoms with Gasteiger partial charge in [-0.25, -0.2) is 4.98 Å². The molecule has 54 valence electrons. The number of hydrogen-bond donors (Lipinski definition) is 1. The van der Waals surface area contributed by atoms with E-state index in [-0.39, 0.29) is 0 Å². The minimum absolute atomic E-state index is 0.743. The summed E-state index contributed by atoms with van der Waals surface area (Å²) in [5.74, 6) is 5.87. The van der Waals surface area contributed by atoms with Gasteiger partial charge in [-0.3, -0.25) is 0 Å². The Labute approximate surface area is 59.4 Å². The van der Waals surface area contributed by atoms with Crippen molar-refractivity contribution in [2.75, 3.05) is 0 Å². The monoisotopic (exact) mass is 138 g/mol. The third-order valence-corrected chi connectivity index (χ3v) is 1.34. The van der Waals surface area contributed by atoms with Gasteiger partial charge in [0.15, 0.2) is 5.82 Å². The molecule has 0 aliphatic heterocycles. The molecule has 0 unspecified atom stereocenters. The molecule has 0 radical (unpaired) electrons. The largest absolute Gasteiger partial charge is 0.333 e. The van der Waals surface area contributed by atoms with Gasteiger partial charge >= 0.3 is 0 Å². The second-order valence-electron chi connectivity index (χ2n) is 2.08. The number of rotatable bonds is 1. The SMILES string of the molecule is C/C(=N/N)c1nccn1C. The summed E-state index contributed by atoms with van der Waals surface area (Å²) in [7, 11) is 1.90. The average molecular weight is 138 g/mol. The predicted molar refractivity (Wildman–Crippen MR) is 39.6 cm³/mol. The van der Waals surface area contributed by atoms with Crippen molar-refractivity contribution >= 4 is 5.71 Å². The van der Waals surface area contributed by atoms with Gasteiger partial charge in [-0.15, -0.1) is 0 Å². The van der Waals surface area contributed by atoms with Gasteiger partial charge in [-0.2, -0.15) is 5.10 Å². The summed E-state index contributed by atoms with van der Waals surface area (Å²) in [4.78, 5) is 4.04. The molecule has 1 rings (SSSR count). The maximum atomic E-state index is 5.07. The predicted octanol–water partition coefficient (Wildman–Crippen LogP) is 0.103. The number of hydrogen-bond acceptors (Lipinski definition) is 3. The van der Waals surface area contributed by atoms with E-state index < -0.39 is 0 Å². The summed E-state index contributed by atoms with van der Waals surface area (Å²) in [6.45, 7) is 1.82. The molecule has 4 heteroatoms. The van der Waals surface area contributed by atoms with E-state index in [1.165, 1.54) is 0 Å². The third kappa shape index (κ3) is 1.00. The van der Waals surface area contributed by atoms with E-state index in [0.29, 0.717) is 0 Å². The minimum atomic E-state index is 0.743. The smallest absolute Gasteiger partial charge is 0.155 e. The molecule has 0 aliphatic carbocycles. The van der Waals surface area contributed by atoms with Crippen LogP contribution >= 0.6 is 0 Å². The first-order chi connectivity index (χ1) is 4.75. The highest BCUT2D eigenvalue weighted by Gasteiger charge is 2.00. The van der Waals surface area contributed by atoms with E-state index >= 15 is 0 Å². The average Bonchev–Trinajstić information content (AvgIpc) is 2.34. The number of nitrogens with two attached hydrogens (primary N) is 1. The van der Waals surface area contributed by atoms with E-state index in [0.717, 1.165) is 11.5 Å². The Hall–Kier alpha value is -1.32. The lowest BCUT2D eigenvalue weighted by atomic mass is 10.4. The highest BCUT2D eigenvalue weighted by molar-refractivity contribution is 5.95. The second kappa shape index (κ2) is 2.51. The lowest BCUT2D eigenvalue weighted by molar-refractivity contribution is 0.894. The lowest BCUT2D eigenvalue weighted by Gasteiger charge is -1.96. The molecule has 1 aromatic heterocycles. The molecule has 0 fully saturated rings. The zero-order valence-electron chi connectivity index (χ0n) is 6.07. The fraction of sp³-hybridized carbons (Fsp3) is 0.333. The first-order valence-corrected chi connectivity index (χ1v) is 2.98. The van der Waals surface area contributed by atoms with E-state index in [4.69, 9.17) is 5.84 Å². The molecule has 1 aromatic rings. The Morgan fingerprint density at radius 3 is 2.90 bits per heavy atom. The Morgan fingerprint density at radius 2 is 2.50 bits per heavy atom. The number of aryl methyl sites for hydroxylation is 1. The standard InChI is InChI=1S/C6H10N4/c1-5(9-7)6-8-3-4-10(6)2/h3-4H,7H2,1-2H3/b9-5-. The third-order valence-electron chi connectivity index (χ3n) is 1.34. The van der Waals surface area contributed by atoms with Crippen LogP contribution in [-0.2, 0) is 7.05 Å². The van der Waals surface area contributed by atoms with Gasteiger partial charge in [0.2, 0.25) is 0 Å². The van der Waals surface area contributed by atoms with Crippen LogP contribution in [0.4, 0.5) is 0 Å². The van der Waals surface area contributed by atoms with Crippen molar-refractivity contribution in [3.63, 3.8) is 0 Å². The molecule has 0 saturated carbocycles. The summed E-state index contributed by atoms with van der Waals surface area (Å²) >= 11 is 0. The Morgan fingerprint density at radius 1 is 1.80 bits per heavy atom. The summed E-state index contributed by atoms with van der Waals surface area (Å²) in [6, 6.07) is 0. The van der Waals surface area contributed by atoms with Gasteiger partial charge < -0.3 is 10.4 Å². The first-order valence-electron chi connectivity index (χ1n) is 2.98. The maximum Gasteiger partial charge on any atom is 0.155 e. The van der Waals surface area contributed by atoms with Crippen LogP contribution in [0.15, 0.2) is 17.5 Å². The van der Waals surface area contributed by atoms with Crippen molar-refractivity contribution in [2.45, 2.75) is 6.92 Å². The van der Waals surface area contributed by atoms with Crippen LogP contribution in [0.25, 0.3) is 0 Å². The molecule has 0 spiro atoms. The summed E-state index contributed by atoms with van der Waals surface area (Å²) in [5, 5.41) is 3.53. The molecule has 1 heterocycles. The van der Waals surface area contributed by atoms with E-state index in [1.807, 2.05) is 24.7 Å². The molecule has 0 saturated heterocycles. The van der Waals surface area contributed by atoms with Gasteiger partial charge in [-0.1, -0.05) is 0 Å². The molecule has 0 aliphatic rings. The van der Waals surface area contributed by atoms with Crippen molar-refractivity contribution < 1.29 is 0 Å². The van der Waals surface area contributed by atoms with Crippen LogP contribution in [0.3, 0.4) is 0 Å². The molecule has 2 N–H and O–H groups in total. The Kier molecular flexibility index (Phi) is 1.71. The van der Waals surface area contributed by atoms with Crippen LogP contribution in [0, 0.1) is 0 Å². The highest BCUT2D eigenvalue weighted by atomic mass is 15.1. The van der Waals surface area contributed by atoms with Crippen molar-refractivity contribution in [1.29, 1.82) is 0 Å². The fourth-order valence-corrected chi connectivity index (χ4v) is 0.772. The van der Waals surface area contributed by atoms with Crippen molar-refractivity contribution in [3.05, 3.63) is 18.2 Å². The van der Waals surface area contributed by atoms with E-state index in [9.17, 15) is 0 Å². The number of aromatic nitrogens is 2. The number of hydrazone groups is 1. The summed E-state index contributed by atoms with van der Waals surface area (Å²) in [6.07, 6.45) is 3.56. The van der Waals surface area contributed by atoms with Crippen LogP contribution < -0.4 is 5.84 Å². The first kappa shape index (κ1) is 6.80. The van der Waals surface area contributed by atoms with Crippen LogP contribution in [0.5, 0.6) is 0 Å². The molecule has 0 amide bonds. The van der Waals surface area contributed by atoms with Crippen molar-refractivity contribution in [2.24, 2.45) is 18.0 Å². The Bertz CT molecular complexity index is 248.